The van der Waals surface area contributed by atoms with Crippen molar-refractivity contribution < 1.29 is 28.7 Å². The maximum atomic E-state index is 13.0. The first kappa shape index (κ1) is 24.1. The van der Waals surface area contributed by atoms with Crippen molar-refractivity contribution in [2.75, 3.05) is 39.7 Å². The SMILES string of the molecule is CONC(=O)c1ccc(C)c(NC(=O)C2CCN(C(=O)c3ccc(OC)cc3OC)CC2)c1. The Morgan fingerprint density at radius 2 is 1.70 bits per heavy atom. The summed E-state index contributed by atoms with van der Waals surface area (Å²) in [7, 11) is 4.42. The van der Waals surface area contributed by atoms with Crippen molar-refractivity contribution in [3.63, 3.8) is 0 Å². The molecule has 3 amide bonds. The van der Waals surface area contributed by atoms with Crippen molar-refractivity contribution in [3.05, 3.63) is 53.1 Å². The summed E-state index contributed by atoms with van der Waals surface area (Å²) in [6.07, 6.45) is 1.08. The second-order valence-corrected chi connectivity index (χ2v) is 7.79. The van der Waals surface area contributed by atoms with Gasteiger partial charge in [-0.3, -0.25) is 19.2 Å². The van der Waals surface area contributed by atoms with E-state index in [4.69, 9.17) is 9.47 Å². The van der Waals surface area contributed by atoms with Crippen molar-refractivity contribution in [3.8, 4) is 11.5 Å². The van der Waals surface area contributed by atoms with Gasteiger partial charge in [0.25, 0.3) is 11.8 Å². The molecule has 2 N–H and O–H groups in total. The number of benzene rings is 2. The van der Waals surface area contributed by atoms with Gasteiger partial charge in [0.15, 0.2) is 0 Å². The first-order valence-corrected chi connectivity index (χ1v) is 10.6. The topological polar surface area (TPSA) is 106 Å². The van der Waals surface area contributed by atoms with Gasteiger partial charge in [-0.2, -0.15) is 0 Å². The maximum absolute atomic E-state index is 13.0. The van der Waals surface area contributed by atoms with Crippen LogP contribution in [0.4, 0.5) is 5.69 Å². The highest BCUT2D eigenvalue weighted by Gasteiger charge is 2.29. The van der Waals surface area contributed by atoms with Gasteiger partial charge in [-0.25, -0.2) is 5.48 Å². The molecule has 1 aliphatic rings. The zero-order valence-electron chi connectivity index (χ0n) is 19.3. The number of carbonyl (C=O) groups is 3. The summed E-state index contributed by atoms with van der Waals surface area (Å²) in [6.45, 7) is 2.78. The third-order valence-electron chi connectivity index (χ3n) is 5.74. The molecule has 1 aliphatic heterocycles. The maximum Gasteiger partial charge on any atom is 0.274 e. The van der Waals surface area contributed by atoms with Gasteiger partial charge >= 0.3 is 0 Å². The van der Waals surface area contributed by atoms with Crippen molar-refractivity contribution in [2.45, 2.75) is 19.8 Å². The van der Waals surface area contributed by atoms with Gasteiger partial charge in [0.2, 0.25) is 5.91 Å². The molecule has 33 heavy (non-hydrogen) atoms. The minimum Gasteiger partial charge on any atom is -0.497 e. The molecule has 0 saturated carbocycles. The van der Waals surface area contributed by atoms with E-state index in [1.807, 2.05) is 6.92 Å². The number of hydroxylamine groups is 1. The number of piperidine rings is 1. The average Bonchev–Trinajstić information content (AvgIpc) is 2.84. The Labute approximate surface area is 193 Å². The van der Waals surface area contributed by atoms with Gasteiger partial charge in [-0.15, -0.1) is 0 Å². The highest BCUT2D eigenvalue weighted by molar-refractivity contribution is 5.99. The number of nitrogens with one attached hydrogen (secondary N) is 2. The summed E-state index contributed by atoms with van der Waals surface area (Å²) in [5.74, 6) is 0.166. The Morgan fingerprint density at radius 1 is 0.970 bits per heavy atom. The molecule has 0 unspecified atom stereocenters. The molecule has 1 heterocycles. The summed E-state index contributed by atoms with van der Waals surface area (Å²) in [6, 6.07) is 10.1. The quantitative estimate of drug-likeness (QED) is 0.622. The normalized spacial score (nSPS) is 13.9. The minimum atomic E-state index is -0.395. The first-order chi connectivity index (χ1) is 15.9. The van der Waals surface area contributed by atoms with E-state index >= 15 is 0 Å². The van der Waals surface area contributed by atoms with Crippen LogP contribution in [0.1, 0.15) is 39.1 Å². The van der Waals surface area contributed by atoms with Crippen molar-refractivity contribution >= 4 is 23.4 Å². The molecule has 0 aliphatic carbocycles. The van der Waals surface area contributed by atoms with E-state index < -0.39 is 5.91 Å². The lowest BCUT2D eigenvalue weighted by atomic mass is 9.95. The number of anilines is 1. The van der Waals surface area contributed by atoms with E-state index in [2.05, 4.69) is 15.6 Å². The molecule has 0 aromatic heterocycles. The Bertz CT molecular complexity index is 1030. The molecule has 0 bridgehead atoms. The van der Waals surface area contributed by atoms with Gasteiger partial charge in [0.05, 0.1) is 26.9 Å². The summed E-state index contributed by atoms with van der Waals surface area (Å²) in [4.78, 5) is 44.3. The molecular formula is C24H29N3O6. The van der Waals surface area contributed by atoms with Crippen LogP contribution in [0.3, 0.4) is 0 Å². The Balaban J connectivity index is 1.62. The Morgan fingerprint density at radius 3 is 2.33 bits per heavy atom. The van der Waals surface area contributed by atoms with E-state index in [1.165, 1.54) is 14.2 Å². The molecule has 0 atom stereocenters. The van der Waals surface area contributed by atoms with Crippen molar-refractivity contribution in [1.82, 2.24) is 10.4 Å². The van der Waals surface area contributed by atoms with Crippen LogP contribution in [0, 0.1) is 12.8 Å². The number of aryl methyl sites for hydroxylation is 1. The van der Waals surface area contributed by atoms with E-state index in [0.29, 0.717) is 54.2 Å². The van der Waals surface area contributed by atoms with Crippen LogP contribution in [-0.2, 0) is 9.63 Å². The van der Waals surface area contributed by atoms with Crippen LogP contribution in [0.15, 0.2) is 36.4 Å². The molecule has 0 spiro atoms. The summed E-state index contributed by atoms with van der Waals surface area (Å²) < 4.78 is 10.5. The predicted molar refractivity (Wildman–Crippen MR) is 122 cm³/mol. The number of methoxy groups -OCH3 is 2. The summed E-state index contributed by atoms with van der Waals surface area (Å²) >= 11 is 0. The van der Waals surface area contributed by atoms with Crippen molar-refractivity contribution in [2.24, 2.45) is 5.92 Å². The van der Waals surface area contributed by atoms with Gasteiger partial charge in [0.1, 0.15) is 11.5 Å². The number of rotatable bonds is 7. The fraction of sp³-hybridized carbons (Fsp3) is 0.375. The lowest BCUT2D eigenvalue weighted by Crippen LogP contribution is -2.41. The molecule has 9 heteroatoms. The monoisotopic (exact) mass is 455 g/mol. The van der Waals surface area contributed by atoms with Crippen LogP contribution >= 0.6 is 0 Å². The number of ether oxygens (including phenoxy) is 2. The number of carbonyl (C=O) groups excluding carboxylic acids is 3. The molecule has 2 aromatic rings. The average molecular weight is 456 g/mol. The number of likely N-dealkylation sites (tertiary alicyclic amines) is 1. The first-order valence-electron chi connectivity index (χ1n) is 10.6. The fourth-order valence-electron chi connectivity index (χ4n) is 3.77. The molecule has 1 fully saturated rings. The number of nitrogens with zero attached hydrogens (tertiary/aromatic N) is 1. The molecule has 1 saturated heterocycles. The summed E-state index contributed by atoms with van der Waals surface area (Å²) in [5, 5.41) is 2.93. The predicted octanol–water partition coefficient (Wildman–Crippen LogP) is 2.79. The lowest BCUT2D eigenvalue weighted by molar-refractivity contribution is -0.121. The standard InChI is InChI=1S/C24H29N3O6/c1-15-5-6-17(23(29)26-33-4)13-20(15)25-22(28)16-9-11-27(12-10-16)24(30)19-8-7-18(31-2)14-21(19)32-3/h5-8,13-14,16H,9-12H2,1-4H3,(H,25,28)(H,26,29). The van der Waals surface area contributed by atoms with E-state index in [9.17, 15) is 14.4 Å². The van der Waals surface area contributed by atoms with E-state index in [-0.39, 0.29) is 17.7 Å². The van der Waals surface area contributed by atoms with Crippen LogP contribution < -0.4 is 20.3 Å². The zero-order valence-corrected chi connectivity index (χ0v) is 19.3. The smallest absolute Gasteiger partial charge is 0.274 e. The van der Waals surface area contributed by atoms with Gasteiger partial charge in [-0.1, -0.05) is 6.07 Å². The lowest BCUT2D eigenvalue weighted by Gasteiger charge is -2.32. The molecule has 9 nitrogen and oxygen atoms in total. The zero-order chi connectivity index (χ0) is 24.0. The third kappa shape index (κ3) is 5.61. The third-order valence-corrected chi connectivity index (χ3v) is 5.74. The Kier molecular flexibility index (Phi) is 7.89. The minimum absolute atomic E-state index is 0.128. The van der Waals surface area contributed by atoms with Crippen LogP contribution in [-0.4, -0.2) is 57.0 Å². The van der Waals surface area contributed by atoms with Crippen LogP contribution in [0.25, 0.3) is 0 Å². The Hall–Kier alpha value is -3.59. The number of hydrogen-bond donors (Lipinski definition) is 2. The summed E-state index contributed by atoms with van der Waals surface area (Å²) in [5.41, 5.74) is 4.52. The second kappa shape index (κ2) is 10.8. The number of hydrogen-bond acceptors (Lipinski definition) is 6. The highest BCUT2D eigenvalue weighted by atomic mass is 16.6. The van der Waals surface area contributed by atoms with Crippen LogP contribution in [0.2, 0.25) is 0 Å². The second-order valence-electron chi connectivity index (χ2n) is 7.79. The van der Waals surface area contributed by atoms with E-state index in [0.717, 1.165) is 5.56 Å². The van der Waals surface area contributed by atoms with Gasteiger partial charge in [-0.05, 0) is 49.6 Å². The fourth-order valence-corrected chi connectivity index (χ4v) is 3.77. The van der Waals surface area contributed by atoms with E-state index in [1.54, 1.807) is 48.4 Å². The van der Waals surface area contributed by atoms with Crippen molar-refractivity contribution in [1.29, 1.82) is 0 Å². The molecule has 2 aromatic carbocycles. The highest BCUT2D eigenvalue weighted by Crippen LogP contribution is 2.28. The molecular weight excluding hydrogens is 426 g/mol. The van der Waals surface area contributed by atoms with Gasteiger partial charge in [0, 0.05) is 36.3 Å². The molecule has 176 valence electrons. The van der Waals surface area contributed by atoms with Crippen LogP contribution in [0.5, 0.6) is 11.5 Å². The number of amides is 3. The largest absolute Gasteiger partial charge is 0.497 e. The molecule has 0 radical (unpaired) electrons. The molecule has 3 rings (SSSR count). The van der Waals surface area contributed by atoms with Gasteiger partial charge < -0.3 is 19.7 Å².